The summed E-state index contributed by atoms with van der Waals surface area (Å²) in [5.74, 6) is 2.35. The third-order valence-corrected chi connectivity index (χ3v) is 4.40. The third-order valence-electron chi connectivity index (χ3n) is 4.40. The molecule has 3 N–H and O–H groups in total. The second-order valence-corrected chi connectivity index (χ2v) is 7.11. The Kier molecular flexibility index (Phi) is 10.2. The highest BCUT2D eigenvalue weighted by Gasteiger charge is 2.12. The quantitative estimate of drug-likeness (QED) is 0.669. The topological polar surface area (TPSA) is 46.1 Å². The van der Waals surface area contributed by atoms with Crippen LogP contribution in [0.25, 0.3) is 0 Å². The first-order valence-corrected chi connectivity index (χ1v) is 9.25. The van der Waals surface area contributed by atoms with Crippen LogP contribution in [0.3, 0.4) is 0 Å². The molecule has 0 aliphatic rings. The van der Waals surface area contributed by atoms with Crippen molar-refractivity contribution in [1.29, 1.82) is 0 Å². The number of quaternary nitrogens is 1. The van der Waals surface area contributed by atoms with Crippen molar-refractivity contribution >= 4 is 0 Å². The van der Waals surface area contributed by atoms with Crippen molar-refractivity contribution < 1.29 is 27.6 Å². The molecule has 144 valence electrons. The summed E-state index contributed by atoms with van der Waals surface area (Å²) in [7, 11) is 1.69. The smallest absolute Gasteiger partial charge is 0.161 e. The molecule has 0 heterocycles. The molecular weight excluding hydrogens is 346 g/mol. The summed E-state index contributed by atoms with van der Waals surface area (Å²) in [5.41, 5.74) is 6.85. The molecule has 3 nitrogen and oxygen atoms in total. The van der Waals surface area contributed by atoms with Gasteiger partial charge >= 0.3 is 0 Å². The molecule has 2 aromatic carbocycles. The molecule has 0 bridgehead atoms. The Labute approximate surface area is 164 Å². The molecule has 2 rings (SSSR count). The summed E-state index contributed by atoms with van der Waals surface area (Å²) in [4.78, 5) is 0. The molecular formula is C22H32ClNO2. The van der Waals surface area contributed by atoms with Crippen molar-refractivity contribution in [2.45, 2.75) is 45.6 Å². The van der Waals surface area contributed by atoms with Crippen molar-refractivity contribution in [3.8, 4) is 11.5 Å². The van der Waals surface area contributed by atoms with Gasteiger partial charge in [0, 0.05) is 12.8 Å². The summed E-state index contributed by atoms with van der Waals surface area (Å²) < 4.78 is 11.5. The molecule has 0 saturated heterocycles. The summed E-state index contributed by atoms with van der Waals surface area (Å²) >= 11 is 0. The molecule has 0 radical (unpaired) electrons. The lowest BCUT2D eigenvalue weighted by atomic mass is 9.98. The van der Waals surface area contributed by atoms with Gasteiger partial charge in [-0.3, -0.25) is 0 Å². The molecule has 0 spiro atoms. The first-order chi connectivity index (χ1) is 12.1. The Hall–Kier alpha value is -1.71. The minimum Gasteiger partial charge on any atom is -1.00 e. The molecule has 0 saturated carbocycles. The van der Waals surface area contributed by atoms with Crippen LogP contribution < -0.4 is 27.6 Å². The van der Waals surface area contributed by atoms with E-state index in [9.17, 15) is 0 Å². The molecule has 1 atom stereocenters. The maximum Gasteiger partial charge on any atom is 0.161 e. The average Bonchev–Trinajstić information content (AvgIpc) is 2.61. The minimum atomic E-state index is 0. The maximum atomic E-state index is 6.01. The van der Waals surface area contributed by atoms with Crippen LogP contribution in [0, 0.1) is 5.92 Å². The first kappa shape index (κ1) is 22.3. The maximum absolute atomic E-state index is 6.01. The zero-order valence-electron chi connectivity index (χ0n) is 16.2. The lowest BCUT2D eigenvalue weighted by Crippen LogP contribution is -3.00. The largest absolute Gasteiger partial charge is 1.00 e. The number of methoxy groups -OCH3 is 1. The lowest BCUT2D eigenvalue weighted by Gasteiger charge is -2.14. The van der Waals surface area contributed by atoms with Gasteiger partial charge in [-0.1, -0.05) is 50.2 Å². The van der Waals surface area contributed by atoms with Gasteiger partial charge in [-0.2, -0.15) is 0 Å². The molecule has 1 unspecified atom stereocenters. The van der Waals surface area contributed by atoms with Gasteiger partial charge in [0.15, 0.2) is 11.5 Å². The summed E-state index contributed by atoms with van der Waals surface area (Å²) in [6, 6.07) is 17.1. The molecule has 2 aromatic rings. The fourth-order valence-electron chi connectivity index (χ4n) is 2.89. The highest BCUT2D eigenvalue weighted by Crippen LogP contribution is 2.29. The highest BCUT2D eigenvalue weighted by atomic mass is 35.5. The number of halogens is 1. The lowest BCUT2D eigenvalue weighted by molar-refractivity contribution is -0.421. The van der Waals surface area contributed by atoms with Gasteiger partial charge in [0.05, 0.1) is 19.8 Å². The third kappa shape index (κ3) is 7.67. The van der Waals surface area contributed by atoms with Crippen LogP contribution in [-0.4, -0.2) is 19.8 Å². The van der Waals surface area contributed by atoms with E-state index in [1.807, 2.05) is 12.1 Å². The van der Waals surface area contributed by atoms with Crippen molar-refractivity contribution in [2.24, 2.45) is 5.92 Å². The standard InChI is InChI=1S/C22H31NO2.ClH/c1-17(2)9-11-20(23)15-19-10-12-21(24-3)22(16-19)25-14-13-18-7-5-4-6-8-18;/h4-8,10,12,16-17,20H,9,11,13-15,23H2,1-3H3;1H. The Balaban J connectivity index is 0.00000338. The number of hydrogen-bond acceptors (Lipinski definition) is 2. The molecule has 4 heteroatoms. The van der Waals surface area contributed by atoms with Gasteiger partial charge in [0.25, 0.3) is 0 Å². The van der Waals surface area contributed by atoms with E-state index < -0.39 is 0 Å². The van der Waals surface area contributed by atoms with E-state index in [2.05, 4.69) is 56.0 Å². The van der Waals surface area contributed by atoms with E-state index in [4.69, 9.17) is 9.47 Å². The molecule has 26 heavy (non-hydrogen) atoms. The van der Waals surface area contributed by atoms with Crippen molar-refractivity contribution in [2.75, 3.05) is 13.7 Å². The van der Waals surface area contributed by atoms with Gasteiger partial charge in [-0.15, -0.1) is 0 Å². The fraction of sp³-hybridized carbons (Fsp3) is 0.455. The van der Waals surface area contributed by atoms with Gasteiger partial charge in [0.1, 0.15) is 0 Å². The van der Waals surface area contributed by atoms with E-state index in [1.54, 1.807) is 7.11 Å². The van der Waals surface area contributed by atoms with Crippen LogP contribution in [0.15, 0.2) is 48.5 Å². The van der Waals surface area contributed by atoms with E-state index in [-0.39, 0.29) is 12.4 Å². The van der Waals surface area contributed by atoms with Crippen molar-refractivity contribution in [3.05, 3.63) is 59.7 Å². The Morgan fingerprint density at radius 2 is 1.65 bits per heavy atom. The normalized spacial score (nSPS) is 11.7. The fourth-order valence-corrected chi connectivity index (χ4v) is 2.89. The van der Waals surface area contributed by atoms with Crippen molar-refractivity contribution in [3.63, 3.8) is 0 Å². The Morgan fingerprint density at radius 3 is 2.31 bits per heavy atom. The van der Waals surface area contributed by atoms with Crippen LogP contribution in [0.5, 0.6) is 11.5 Å². The minimum absolute atomic E-state index is 0. The van der Waals surface area contributed by atoms with Gasteiger partial charge in [0.2, 0.25) is 0 Å². The molecule has 0 amide bonds. The number of rotatable bonds is 10. The Bertz CT molecular complexity index is 631. The molecule has 0 aromatic heterocycles. The average molecular weight is 378 g/mol. The van der Waals surface area contributed by atoms with Gasteiger partial charge in [-0.25, -0.2) is 0 Å². The molecule has 0 aliphatic carbocycles. The van der Waals surface area contributed by atoms with E-state index in [0.29, 0.717) is 12.6 Å². The van der Waals surface area contributed by atoms with Gasteiger partial charge in [-0.05, 0) is 42.0 Å². The second kappa shape index (κ2) is 11.8. The molecule has 0 fully saturated rings. The van der Waals surface area contributed by atoms with Gasteiger partial charge < -0.3 is 27.6 Å². The summed E-state index contributed by atoms with van der Waals surface area (Å²) in [6.07, 6.45) is 4.25. The van der Waals surface area contributed by atoms with E-state index >= 15 is 0 Å². The number of hydrogen-bond donors (Lipinski definition) is 1. The second-order valence-electron chi connectivity index (χ2n) is 7.11. The Morgan fingerprint density at radius 1 is 0.923 bits per heavy atom. The van der Waals surface area contributed by atoms with Crippen LogP contribution in [0.1, 0.15) is 37.8 Å². The predicted octanol–water partition coefficient (Wildman–Crippen LogP) is 0.910. The summed E-state index contributed by atoms with van der Waals surface area (Å²) in [6.45, 7) is 5.17. The SMILES string of the molecule is COc1ccc(CC([NH3+])CCC(C)C)cc1OCCc1ccccc1.[Cl-]. The van der Waals surface area contributed by atoms with E-state index in [0.717, 1.165) is 36.7 Å². The van der Waals surface area contributed by atoms with Crippen LogP contribution in [0.4, 0.5) is 0 Å². The number of benzene rings is 2. The van der Waals surface area contributed by atoms with Crippen LogP contribution >= 0.6 is 0 Å². The van der Waals surface area contributed by atoms with Crippen LogP contribution in [-0.2, 0) is 12.8 Å². The van der Waals surface area contributed by atoms with Crippen LogP contribution in [0.2, 0.25) is 0 Å². The zero-order valence-corrected chi connectivity index (χ0v) is 17.0. The highest BCUT2D eigenvalue weighted by molar-refractivity contribution is 5.43. The number of ether oxygens (including phenoxy) is 2. The first-order valence-electron chi connectivity index (χ1n) is 9.25. The summed E-state index contributed by atoms with van der Waals surface area (Å²) in [5, 5.41) is 0. The molecule has 0 aliphatic heterocycles. The van der Waals surface area contributed by atoms with E-state index in [1.165, 1.54) is 17.5 Å². The monoisotopic (exact) mass is 377 g/mol. The predicted molar refractivity (Wildman–Crippen MR) is 103 cm³/mol. The van der Waals surface area contributed by atoms with Crippen molar-refractivity contribution in [1.82, 2.24) is 0 Å². The zero-order chi connectivity index (χ0) is 18.1.